The van der Waals surface area contributed by atoms with Gasteiger partial charge in [0.15, 0.2) is 0 Å². The van der Waals surface area contributed by atoms with E-state index in [0.29, 0.717) is 10.2 Å². The normalized spacial score (nSPS) is 22.5. The largest absolute Gasteiger partial charge is 0.462 e. The van der Waals surface area contributed by atoms with Gasteiger partial charge in [-0.2, -0.15) is 0 Å². The lowest BCUT2D eigenvalue weighted by molar-refractivity contribution is -0.147. The second-order valence-electron chi connectivity index (χ2n) is 8.89. The van der Waals surface area contributed by atoms with Crippen molar-refractivity contribution in [1.29, 1.82) is 0 Å². The van der Waals surface area contributed by atoms with E-state index in [-0.39, 0.29) is 23.5 Å². The lowest BCUT2D eigenvalue weighted by atomic mass is 9.72. The quantitative estimate of drug-likeness (QED) is 0.232. The Balaban J connectivity index is 1.97. The maximum atomic E-state index is 11.3. The molecule has 0 saturated carbocycles. The van der Waals surface area contributed by atoms with Crippen LogP contribution in [0.1, 0.15) is 54.4 Å². The van der Waals surface area contributed by atoms with Crippen molar-refractivity contribution in [2.24, 2.45) is 5.41 Å². The van der Waals surface area contributed by atoms with Crippen molar-refractivity contribution < 1.29 is 19.1 Å². The third-order valence-corrected chi connectivity index (χ3v) is 5.73. The zero-order chi connectivity index (χ0) is 24.6. The summed E-state index contributed by atoms with van der Waals surface area (Å²) >= 11 is 3.15. The molecule has 174 valence electrons. The SMILES string of the molecule is CC(=O)O[C@@H]1CC(C)=C(C#C\C(C)=C/C=C/C=C/C=C(C)/C=C2/C=C(Br)C(=O)O2)C(C)(C)C1. The molecule has 0 aromatic rings. The van der Waals surface area contributed by atoms with Crippen molar-refractivity contribution in [3.05, 3.63) is 81.1 Å². The highest BCUT2D eigenvalue weighted by atomic mass is 79.9. The molecule has 2 rings (SSSR count). The summed E-state index contributed by atoms with van der Waals surface area (Å²) in [5, 5.41) is 0. The third-order valence-electron chi connectivity index (χ3n) is 5.18. The Morgan fingerprint density at radius 1 is 1.18 bits per heavy atom. The summed E-state index contributed by atoms with van der Waals surface area (Å²) in [6, 6.07) is 0. The molecule has 33 heavy (non-hydrogen) atoms. The minimum atomic E-state index is -0.373. The van der Waals surface area contributed by atoms with Crippen LogP contribution in [0.4, 0.5) is 0 Å². The van der Waals surface area contributed by atoms with E-state index in [1.165, 1.54) is 12.5 Å². The molecule has 0 aromatic heterocycles. The van der Waals surface area contributed by atoms with E-state index in [0.717, 1.165) is 29.6 Å². The third kappa shape index (κ3) is 8.55. The number of carbonyl (C=O) groups excluding carboxylic acids is 2. The molecule has 0 amide bonds. The van der Waals surface area contributed by atoms with Crippen LogP contribution in [0.15, 0.2) is 81.1 Å². The molecule has 0 unspecified atom stereocenters. The lowest BCUT2D eigenvalue weighted by Crippen LogP contribution is -2.31. The molecule has 5 heteroatoms. The van der Waals surface area contributed by atoms with Gasteiger partial charge < -0.3 is 9.47 Å². The lowest BCUT2D eigenvalue weighted by Gasteiger charge is -2.36. The van der Waals surface area contributed by atoms with E-state index >= 15 is 0 Å². The molecule has 0 fully saturated rings. The van der Waals surface area contributed by atoms with E-state index in [9.17, 15) is 9.59 Å². The molecule has 1 aliphatic heterocycles. The van der Waals surface area contributed by atoms with E-state index < -0.39 is 0 Å². The Hall–Kier alpha value is -2.84. The van der Waals surface area contributed by atoms with Crippen LogP contribution in [0.5, 0.6) is 0 Å². The van der Waals surface area contributed by atoms with Crippen molar-refractivity contribution in [3.8, 4) is 11.8 Å². The number of carbonyl (C=O) groups is 2. The monoisotopic (exact) mass is 510 g/mol. The summed E-state index contributed by atoms with van der Waals surface area (Å²) in [6.07, 6.45) is 16.5. The van der Waals surface area contributed by atoms with Crippen molar-refractivity contribution >= 4 is 27.9 Å². The van der Waals surface area contributed by atoms with Gasteiger partial charge in [-0.05, 0) is 60.3 Å². The maximum absolute atomic E-state index is 11.3. The van der Waals surface area contributed by atoms with Gasteiger partial charge in [0, 0.05) is 30.4 Å². The Bertz CT molecular complexity index is 1080. The summed E-state index contributed by atoms with van der Waals surface area (Å²) < 4.78 is 10.9. The van der Waals surface area contributed by atoms with Crippen LogP contribution in [-0.4, -0.2) is 18.0 Å². The van der Waals surface area contributed by atoms with E-state index in [1.807, 2.05) is 50.3 Å². The molecular weight excluding hydrogens is 480 g/mol. The van der Waals surface area contributed by atoms with Crippen LogP contribution < -0.4 is 0 Å². The smallest absolute Gasteiger partial charge is 0.350 e. The molecule has 0 spiro atoms. The summed E-state index contributed by atoms with van der Waals surface area (Å²) in [6.45, 7) is 11.8. The van der Waals surface area contributed by atoms with Gasteiger partial charge >= 0.3 is 11.9 Å². The molecule has 1 atom stereocenters. The average Bonchev–Trinajstić information content (AvgIpc) is 2.99. The first-order chi connectivity index (χ1) is 15.5. The first-order valence-corrected chi connectivity index (χ1v) is 11.7. The highest BCUT2D eigenvalue weighted by molar-refractivity contribution is 9.12. The summed E-state index contributed by atoms with van der Waals surface area (Å²) in [5.41, 5.74) is 4.12. The Labute approximate surface area is 205 Å². The molecule has 4 nitrogen and oxygen atoms in total. The van der Waals surface area contributed by atoms with Gasteiger partial charge in [0.05, 0.1) is 0 Å². The Morgan fingerprint density at radius 2 is 1.85 bits per heavy atom. The fourth-order valence-electron chi connectivity index (χ4n) is 3.81. The van der Waals surface area contributed by atoms with Gasteiger partial charge in [-0.15, -0.1) is 0 Å². The van der Waals surface area contributed by atoms with E-state index in [1.54, 1.807) is 12.2 Å². The van der Waals surface area contributed by atoms with Gasteiger partial charge in [0.1, 0.15) is 16.3 Å². The molecule has 0 radical (unpaired) electrons. The van der Waals surface area contributed by atoms with Crippen molar-refractivity contribution in [1.82, 2.24) is 0 Å². The predicted octanol–water partition coefficient (Wildman–Crippen LogP) is 6.78. The minimum absolute atomic E-state index is 0.0743. The fraction of sp³-hybridized carbons (Fsp3) is 0.357. The van der Waals surface area contributed by atoms with Crippen LogP contribution >= 0.6 is 15.9 Å². The summed E-state index contributed by atoms with van der Waals surface area (Å²) in [7, 11) is 0. The molecule has 1 heterocycles. The van der Waals surface area contributed by atoms with Gasteiger partial charge in [-0.1, -0.05) is 67.7 Å². The number of allylic oxidation sites excluding steroid dienone is 11. The van der Waals surface area contributed by atoms with Crippen LogP contribution in [0.3, 0.4) is 0 Å². The van der Waals surface area contributed by atoms with Crippen molar-refractivity contribution in [2.45, 2.75) is 60.5 Å². The first kappa shape index (κ1) is 26.4. The number of ether oxygens (including phenoxy) is 2. The molecule has 0 saturated heterocycles. The highest BCUT2D eigenvalue weighted by Gasteiger charge is 2.34. The summed E-state index contributed by atoms with van der Waals surface area (Å²) in [4.78, 5) is 22.6. The zero-order valence-electron chi connectivity index (χ0n) is 20.1. The molecule has 1 aliphatic carbocycles. The number of hydrogen-bond donors (Lipinski definition) is 0. The summed E-state index contributed by atoms with van der Waals surface area (Å²) in [5.74, 6) is 6.52. The zero-order valence-corrected chi connectivity index (χ0v) is 21.7. The molecule has 0 aromatic carbocycles. The number of hydrogen-bond acceptors (Lipinski definition) is 4. The van der Waals surface area contributed by atoms with E-state index in [2.05, 4.69) is 48.5 Å². The molecule has 0 N–H and O–H groups in total. The average molecular weight is 511 g/mol. The van der Waals surface area contributed by atoms with Gasteiger partial charge in [0.25, 0.3) is 0 Å². The van der Waals surface area contributed by atoms with Crippen molar-refractivity contribution in [2.75, 3.05) is 0 Å². The second kappa shape index (κ2) is 11.9. The number of cyclic esters (lactones) is 1. The standard InChI is InChI=1S/C28H31BrO4/c1-19(13-14-25-21(3)16-24(32-22(4)30)18-28(25,5)6)11-9-7-8-10-12-20(2)15-23-17-26(29)27(31)33-23/h7-12,15,17,24H,16,18H2,1-6H3/b9-7+,10-8+,19-11-,20-12+,23-15-/t24-/m1/s1. The number of esters is 2. The van der Waals surface area contributed by atoms with Crippen molar-refractivity contribution in [3.63, 3.8) is 0 Å². The first-order valence-electron chi connectivity index (χ1n) is 10.9. The van der Waals surface area contributed by atoms with Crippen LogP contribution in [-0.2, 0) is 19.1 Å². The van der Waals surface area contributed by atoms with Gasteiger partial charge in [-0.25, -0.2) is 4.79 Å². The van der Waals surface area contributed by atoms with Crippen LogP contribution in [0, 0.1) is 17.3 Å². The molecule has 0 bridgehead atoms. The maximum Gasteiger partial charge on any atom is 0.350 e. The number of rotatable bonds is 5. The minimum Gasteiger partial charge on any atom is -0.462 e. The topological polar surface area (TPSA) is 52.6 Å². The van der Waals surface area contributed by atoms with Gasteiger partial charge in [0.2, 0.25) is 0 Å². The number of halogens is 1. The predicted molar refractivity (Wildman–Crippen MR) is 136 cm³/mol. The molecule has 2 aliphatic rings. The molecular formula is C28H31BrO4. The highest BCUT2D eigenvalue weighted by Crippen LogP contribution is 2.41. The Kier molecular flexibility index (Phi) is 9.49. The van der Waals surface area contributed by atoms with E-state index in [4.69, 9.17) is 9.47 Å². The second-order valence-corrected chi connectivity index (χ2v) is 9.74. The fourth-order valence-corrected chi connectivity index (χ4v) is 4.12. The van der Waals surface area contributed by atoms with Crippen LogP contribution in [0.25, 0.3) is 0 Å². The van der Waals surface area contributed by atoms with Crippen LogP contribution in [0.2, 0.25) is 0 Å². The Morgan fingerprint density at radius 3 is 2.42 bits per heavy atom. The van der Waals surface area contributed by atoms with Gasteiger partial charge in [-0.3, -0.25) is 4.79 Å².